The van der Waals surface area contributed by atoms with E-state index in [0.29, 0.717) is 11.1 Å². The van der Waals surface area contributed by atoms with Crippen LogP contribution in [0.4, 0.5) is 0 Å². The summed E-state index contributed by atoms with van der Waals surface area (Å²) in [6.45, 7) is 1.99. The number of imidazole rings is 1. The van der Waals surface area contributed by atoms with Crippen molar-refractivity contribution in [3.63, 3.8) is 0 Å². The molecule has 1 heterocycles. The number of hydrogen-bond acceptors (Lipinski definition) is 2. The number of aromatic nitrogens is 2. The van der Waals surface area contributed by atoms with Crippen molar-refractivity contribution in [2.75, 3.05) is 0 Å². The number of rotatable bonds is 3. The fourth-order valence-electron chi connectivity index (χ4n) is 2.94. The van der Waals surface area contributed by atoms with Crippen molar-refractivity contribution < 1.29 is 4.79 Å². The van der Waals surface area contributed by atoms with Crippen molar-refractivity contribution >= 4 is 16.8 Å². The number of carbonyl (C=O) groups excluding carboxylic acids is 1. The minimum atomic E-state index is -0.196. The minimum Gasteiger partial charge on any atom is -0.305 e. The van der Waals surface area contributed by atoms with Gasteiger partial charge in [0.05, 0.1) is 16.7 Å². The zero-order valence-corrected chi connectivity index (χ0v) is 13.7. The Bertz CT molecular complexity index is 1120. The van der Waals surface area contributed by atoms with Crippen LogP contribution in [0.2, 0.25) is 0 Å². The molecule has 0 radical (unpaired) electrons. The van der Waals surface area contributed by atoms with Crippen molar-refractivity contribution in [2.24, 2.45) is 0 Å². The van der Waals surface area contributed by atoms with E-state index in [4.69, 9.17) is 0 Å². The molecule has 1 N–H and O–H groups in total. The molecular weight excluding hydrogens is 312 g/mol. The van der Waals surface area contributed by atoms with Gasteiger partial charge in [-0.15, -0.1) is 0 Å². The normalized spacial score (nSPS) is 10.9. The lowest BCUT2D eigenvalue weighted by atomic mass is 10.0. The van der Waals surface area contributed by atoms with Gasteiger partial charge in [0.1, 0.15) is 0 Å². The van der Waals surface area contributed by atoms with E-state index in [1.54, 1.807) is 28.8 Å². The first-order chi connectivity index (χ1) is 12.1. The Morgan fingerprint density at radius 1 is 0.840 bits per heavy atom. The van der Waals surface area contributed by atoms with Gasteiger partial charge in [-0.3, -0.25) is 9.36 Å². The predicted molar refractivity (Wildman–Crippen MR) is 98.5 cm³/mol. The summed E-state index contributed by atoms with van der Waals surface area (Å²) in [5.74, 6) is -0.0298. The van der Waals surface area contributed by atoms with Crippen LogP contribution in [0.3, 0.4) is 0 Å². The number of fused-ring (bicyclic) bond motifs is 1. The van der Waals surface area contributed by atoms with E-state index in [1.165, 1.54) is 0 Å². The van der Waals surface area contributed by atoms with Gasteiger partial charge in [-0.25, -0.2) is 4.79 Å². The third-order valence-corrected chi connectivity index (χ3v) is 4.29. The number of nitrogens with one attached hydrogen (secondary N) is 1. The highest BCUT2D eigenvalue weighted by Gasteiger charge is 2.11. The van der Waals surface area contributed by atoms with Gasteiger partial charge in [0, 0.05) is 11.1 Å². The standard InChI is InChI=1S/C21H16N2O2/c1-14-6-8-15(9-7-14)20(24)16-10-12-17(13-11-16)23-19-5-3-2-4-18(19)22-21(23)25/h2-13H,1H3,(H,22,25). The average molecular weight is 328 g/mol. The third-order valence-electron chi connectivity index (χ3n) is 4.29. The Balaban J connectivity index is 1.72. The topological polar surface area (TPSA) is 54.9 Å². The molecule has 0 aliphatic rings. The van der Waals surface area contributed by atoms with Crippen LogP contribution in [0.1, 0.15) is 21.5 Å². The zero-order chi connectivity index (χ0) is 17.4. The van der Waals surface area contributed by atoms with E-state index in [-0.39, 0.29) is 11.5 Å². The van der Waals surface area contributed by atoms with E-state index < -0.39 is 0 Å². The molecule has 0 aliphatic carbocycles. The molecule has 0 spiro atoms. The predicted octanol–water partition coefficient (Wildman–Crippen LogP) is 3.86. The molecule has 4 heteroatoms. The first-order valence-corrected chi connectivity index (χ1v) is 8.05. The fourth-order valence-corrected chi connectivity index (χ4v) is 2.94. The van der Waals surface area contributed by atoms with E-state index in [0.717, 1.165) is 22.3 Å². The molecule has 0 fully saturated rings. The highest BCUT2D eigenvalue weighted by atomic mass is 16.1. The van der Waals surface area contributed by atoms with Crippen LogP contribution in [0.5, 0.6) is 0 Å². The summed E-state index contributed by atoms with van der Waals surface area (Å²) in [4.78, 5) is 27.6. The Hall–Kier alpha value is -3.40. The van der Waals surface area contributed by atoms with Crippen LogP contribution in [0.25, 0.3) is 16.7 Å². The lowest BCUT2D eigenvalue weighted by Gasteiger charge is -2.06. The molecular formula is C21H16N2O2. The maximum Gasteiger partial charge on any atom is 0.331 e. The second-order valence-corrected chi connectivity index (χ2v) is 6.02. The van der Waals surface area contributed by atoms with Crippen molar-refractivity contribution in [2.45, 2.75) is 6.92 Å². The van der Waals surface area contributed by atoms with Crippen molar-refractivity contribution in [1.29, 1.82) is 0 Å². The number of H-pyrrole nitrogens is 1. The van der Waals surface area contributed by atoms with Crippen LogP contribution in [0.15, 0.2) is 77.6 Å². The van der Waals surface area contributed by atoms with Crippen LogP contribution in [-0.2, 0) is 0 Å². The maximum atomic E-state index is 12.6. The summed E-state index contributed by atoms with van der Waals surface area (Å²) in [5, 5.41) is 0. The van der Waals surface area contributed by atoms with Gasteiger partial charge in [0.2, 0.25) is 0 Å². The van der Waals surface area contributed by atoms with Crippen molar-refractivity contribution in [3.05, 3.63) is 100.0 Å². The quantitative estimate of drug-likeness (QED) is 0.581. The number of para-hydroxylation sites is 2. The van der Waals surface area contributed by atoms with Crippen LogP contribution < -0.4 is 5.69 Å². The third kappa shape index (κ3) is 2.68. The molecule has 0 aliphatic heterocycles. The fraction of sp³-hybridized carbons (Fsp3) is 0.0476. The molecule has 4 rings (SSSR count). The second kappa shape index (κ2) is 5.91. The lowest BCUT2D eigenvalue weighted by molar-refractivity contribution is 0.103. The first-order valence-electron chi connectivity index (χ1n) is 8.05. The SMILES string of the molecule is Cc1ccc(C(=O)c2ccc(-n3c(=O)[nH]c4ccccc43)cc2)cc1. The highest BCUT2D eigenvalue weighted by Crippen LogP contribution is 2.17. The maximum absolute atomic E-state index is 12.6. The second-order valence-electron chi connectivity index (χ2n) is 6.02. The van der Waals surface area contributed by atoms with Crippen molar-refractivity contribution in [3.8, 4) is 5.69 Å². The number of hydrogen-bond donors (Lipinski definition) is 1. The minimum absolute atomic E-state index is 0.0298. The molecule has 0 saturated carbocycles. The van der Waals surface area contributed by atoms with Gasteiger partial charge in [0.15, 0.2) is 5.78 Å². The number of benzene rings is 3. The Labute approximate surface area is 144 Å². The molecule has 1 aromatic heterocycles. The van der Waals surface area contributed by atoms with Gasteiger partial charge in [0.25, 0.3) is 0 Å². The Morgan fingerprint density at radius 3 is 2.12 bits per heavy atom. The van der Waals surface area contributed by atoms with Gasteiger partial charge in [-0.2, -0.15) is 0 Å². The van der Waals surface area contributed by atoms with E-state index in [2.05, 4.69) is 4.98 Å². The molecule has 25 heavy (non-hydrogen) atoms. The number of nitrogens with zero attached hydrogens (tertiary/aromatic N) is 1. The molecule has 0 bridgehead atoms. The van der Waals surface area contributed by atoms with Crippen LogP contribution in [0, 0.1) is 6.92 Å². The van der Waals surface area contributed by atoms with Gasteiger partial charge in [-0.05, 0) is 43.3 Å². The largest absolute Gasteiger partial charge is 0.331 e. The highest BCUT2D eigenvalue weighted by molar-refractivity contribution is 6.09. The monoisotopic (exact) mass is 328 g/mol. The molecule has 0 unspecified atom stereocenters. The van der Waals surface area contributed by atoms with Gasteiger partial charge in [-0.1, -0.05) is 42.0 Å². The van der Waals surface area contributed by atoms with Gasteiger partial charge < -0.3 is 4.98 Å². The molecule has 4 aromatic rings. The number of aryl methyl sites for hydroxylation is 1. The zero-order valence-electron chi connectivity index (χ0n) is 13.7. The first kappa shape index (κ1) is 15.1. The summed E-state index contributed by atoms with van der Waals surface area (Å²) in [7, 11) is 0. The summed E-state index contributed by atoms with van der Waals surface area (Å²) in [6, 6.07) is 22.1. The van der Waals surface area contributed by atoms with Gasteiger partial charge >= 0.3 is 5.69 Å². The number of carbonyl (C=O) groups is 1. The van der Waals surface area contributed by atoms with Crippen LogP contribution >= 0.6 is 0 Å². The van der Waals surface area contributed by atoms with Crippen molar-refractivity contribution in [1.82, 2.24) is 9.55 Å². The molecule has 0 amide bonds. The molecule has 0 atom stereocenters. The lowest BCUT2D eigenvalue weighted by Crippen LogP contribution is -2.14. The Morgan fingerprint density at radius 2 is 1.44 bits per heavy atom. The molecule has 122 valence electrons. The smallest absolute Gasteiger partial charge is 0.305 e. The Kier molecular flexibility index (Phi) is 3.58. The summed E-state index contributed by atoms with van der Waals surface area (Å²) in [5.41, 5.74) is 4.49. The number of ketones is 1. The average Bonchev–Trinajstić information content (AvgIpc) is 2.97. The summed E-state index contributed by atoms with van der Waals surface area (Å²) >= 11 is 0. The van der Waals surface area contributed by atoms with E-state index in [9.17, 15) is 9.59 Å². The molecule has 4 nitrogen and oxygen atoms in total. The van der Waals surface area contributed by atoms with E-state index in [1.807, 2.05) is 55.5 Å². The summed E-state index contributed by atoms with van der Waals surface area (Å²) in [6.07, 6.45) is 0. The molecule has 0 saturated heterocycles. The number of aromatic amines is 1. The summed E-state index contributed by atoms with van der Waals surface area (Å²) < 4.78 is 1.61. The van der Waals surface area contributed by atoms with Crippen LogP contribution in [-0.4, -0.2) is 15.3 Å². The molecule has 3 aromatic carbocycles. The van der Waals surface area contributed by atoms with E-state index >= 15 is 0 Å².